The first-order chi connectivity index (χ1) is 13.5. The SMILES string of the molecule is CCc1ccccc1N(C(C)=O)c1nc(CN[C@@H](C)c2ccccc2Cl)cs1. The summed E-state index contributed by atoms with van der Waals surface area (Å²) in [7, 11) is 0. The van der Waals surface area contributed by atoms with Crippen molar-refractivity contribution in [1.82, 2.24) is 10.3 Å². The number of carbonyl (C=O) groups is 1. The number of hydrogen-bond acceptors (Lipinski definition) is 4. The third kappa shape index (κ3) is 4.61. The first-order valence-corrected chi connectivity index (χ1v) is 10.6. The van der Waals surface area contributed by atoms with Crippen molar-refractivity contribution in [3.63, 3.8) is 0 Å². The molecule has 0 spiro atoms. The second-order valence-electron chi connectivity index (χ2n) is 6.58. The number of aromatic nitrogens is 1. The van der Waals surface area contributed by atoms with Gasteiger partial charge in [0, 0.05) is 29.9 Å². The van der Waals surface area contributed by atoms with Gasteiger partial charge in [0.2, 0.25) is 5.91 Å². The molecule has 1 amide bonds. The number of halogens is 1. The Morgan fingerprint density at radius 1 is 1.21 bits per heavy atom. The van der Waals surface area contributed by atoms with Crippen LogP contribution >= 0.6 is 22.9 Å². The topological polar surface area (TPSA) is 45.2 Å². The quantitative estimate of drug-likeness (QED) is 0.524. The van der Waals surface area contributed by atoms with Gasteiger partial charge in [-0.2, -0.15) is 0 Å². The smallest absolute Gasteiger partial charge is 0.230 e. The Labute approximate surface area is 175 Å². The van der Waals surface area contributed by atoms with Crippen LogP contribution in [-0.2, 0) is 17.8 Å². The fourth-order valence-corrected chi connectivity index (χ4v) is 4.29. The van der Waals surface area contributed by atoms with Gasteiger partial charge in [0.1, 0.15) is 0 Å². The van der Waals surface area contributed by atoms with Crippen LogP contribution in [0.3, 0.4) is 0 Å². The number of nitrogens with one attached hydrogen (secondary N) is 1. The van der Waals surface area contributed by atoms with Gasteiger partial charge in [-0.25, -0.2) is 4.98 Å². The predicted molar refractivity (Wildman–Crippen MR) is 117 cm³/mol. The number of nitrogens with zero attached hydrogens (tertiary/aromatic N) is 2. The third-order valence-corrected chi connectivity index (χ3v) is 5.84. The van der Waals surface area contributed by atoms with Gasteiger partial charge in [-0.1, -0.05) is 54.9 Å². The molecule has 0 saturated carbocycles. The zero-order chi connectivity index (χ0) is 20.1. The maximum Gasteiger partial charge on any atom is 0.230 e. The summed E-state index contributed by atoms with van der Waals surface area (Å²) in [5, 5.41) is 6.89. The van der Waals surface area contributed by atoms with Crippen LogP contribution in [0.25, 0.3) is 0 Å². The van der Waals surface area contributed by atoms with Crippen molar-refractivity contribution >= 4 is 39.7 Å². The monoisotopic (exact) mass is 413 g/mol. The standard InChI is InChI=1S/C22H24ClN3OS/c1-4-17-9-5-8-12-21(17)26(16(3)27)22-25-18(14-28-22)13-24-15(2)19-10-6-7-11-20(19)23/h5-12,14-15,24H,4,13H2,1-3H3/t15-/m0/s1. The molecule has 6 heteroatoms. The van der Waals surface area contributed by atoms with Gasteiger partial charge in [-0.15, -0.1) is 11.3 Å². The van der Waals surface area contributed by atoms with Gasteiger partial charge >= 0.3 is 0 Å². The second-order valence-corrected chi connectivity index (χ2v) is 7.83. The van der Waals surface area contributed by atoms with E-state index >= 15 is 0 Å². The molecule has 1 atom stereocenters. The lowest BCUT2D eigenvalue weighted by Crippen LogP contribution is -2.24. The largest absolute Gasteiger partial charge is 0.304 e. The van der Waals surface area contributed by atoms with E-state index in [9.17, 15) is 4.79 Å². The molecule has 0 aliphatic heterocycles. The molecular weight excluding hydrogens is 390 g/mol. The van der Waals surface area contributed by atoms with E-state index in [4.69, 9.17) is 16.6 Å². The fourth-order valence-electron chi connectivity index (χ4n) is 3.11. The third-order valence-electron chi connectivity index (χ3n) is 4.62. The lowest BCUT2D eigenvalue weighted by atomic mass is 10.1. The Kier molecular flexibility index (Phi) is 6.83. The zero-order valence-electron chi connectivity index (χ0n) is 16.3. The summed E-state index contributed by atoms with van der Waals surface area (Å²) in [6.45, 7) is 6.34. The summed E-state index contributed by atoms with van der Waals surface area (Å²) in [6.07, 6.45) is 0.856. The maximum absolute atomic E-state index is 12.4. The molecule has 1 heterocycles. The molecule has 4 nitrogen and oxygen atoms in total. The Morgan fingerprint density at radius 3 is 2.64 bits per heavy atom. The van der Waals surface area contributed by atoms with Crippen LogP contribution in [0.5, 0.6) is 0 Å². The van der Waals surface area contributed by atoms with Crippen molar-refractivity contribution in [1.29, 1.82) is 0 Å². The average Bonchev–Trinajstić information content (AvgIpc) is 3.15. The van der Waals surface area contributed by atoms with Crippen LogP contribution in [0.1, 0.15) is 43.6 Å². The molecule has 0 bridgehead atoms. The Hall–Kier alpha value is -2.21. The highest BCUT2D eigenvalue weighted by molar-refractivity contribution is 7.14. The Morgan fingerprint density at radius 2 is 1.93 bits per heavy atom. The first-order valence-electron chi connectivity index (χ1n) is 9.32. The molecule has 28 heavy (non-hydrogen) atoms. The molecule has 2 aromatic carbocycles. The van der Waals surface area contributed by atoms with Gasteiger partial charge in [0.15, 0.2) is 5.13 Å². The molecule has 146 valence electrons. The fraction of sp³-hybridized carbons (Fsp3) is 0.273. The summed E-state index contributed by atoms with van der Waals surface area (Å²) in [5.74, 6) is -0.0424. The minimum Gasteiger partial charge on any atom is -0.304 e. The van der Waals surface area contributed by atoms with E-state index in [1.165, 1.54) is 11.3 Å². The van der Waals surface area contributed by atoms with E-state index in [0.717, 1.165) is 34.0 Å². The molecule has 0 fully saturated rings. The van der Waals surface area contributed by atoms with Crippen LogP contribution in [0, 0.1) is 0 Å². The number of para-hydroxylation sites is 1. The molecule has 0 aliphatic carbocycles. The maximum atomic E-state index is 12.4. The second kappa shape index (κ2) is 9.32. The molecule has 0 radical (unpaired) electrons. The Bertz CT molecular complexity index is 956. The highest BCUT2D eigenvalue weighted by atomic mass is 35.5. The van der Waals surface area contributed by atoms with E-state index < -0.39 is 0 Å². The van der Waals surface area contributed by atoms with Gasteiger partial charge in [-0.3, -0.25) is 9.69 Å². The number of rotatable bonds is 7. The summed E-state index contributed by atoms with van der Waals surface area (Å²) in [6, 6.07) is 15.9. The summed E-state index contributed by atoms with van der Waals surface area (Å²) in [4.78, 5) is 18.8. The highest BCUT2D eigenvalue weighted by Gasteiger charge is 2.20. The number of hydrogen-bond donors (Lipinski definition) is 1. The minimum atomic E-state index is -0.0424. The van der Waals surface area contributed by atoms with E-state index in [0.29, 0.717) is 11.7 Å². The number of benzene rings is 2. The van der Waals surface area contributed by atoms with E-state index in [1.807, 2.05) is 53.9 Å². The van der Waals surface area contributed by atoms with Gasteiger partial charge in [0.05, 0.1) is 11.4 Å². The highest BCUT2D eigenvalue weighted by Crippen LogP contribution is 2.32. The van der Waals surface area contributed by atoms with Crippen LogP contribution in [0.2, 0.25) is 5.02 Å². The van der Waals surface area contributed by atoms with E-state index in [2.05, 4.69) is 19.2 Å². The van der Waals surface area contributed by atoms with Crippen molar-refractivity contribution < 1.29 is 4.79 Å². The number of carbonyl (C=O) groups excluding carboxylic acids is 1. The molecule has 3 aromatic rings. The van der Waals surface area contributed by atoms with Gasteiger partial charge in [0.25, 0.3) is 0 Å². The number of thiazole rings is 1. The van der Waals surface area contributed by atoms with Crippen LogP contribution in [-0.4, -0.2) is 10.9 Å². The van der Waals surface area contributed by atoms with Crippen molar-refractivity contribution in [2.45, 2.75) is 39.8 Å². The van der Waals surface area contributed by atoms with Crippen molar-refractivity contribution in [3.05, 3.63) is 75.8 Å². The molecular formula is C22H24ClN3OS. The summed E-state index contributed by atoms with van der Waals surface area (Å²) in [5.41, 5.74) is 3.98. The molecule has 1 aromatic heterocycles. The minimum absolute atomic E-state index is 0.0424. The number of amides is 1. The molecule has 1 N–H and O–H groups in total. The first kappa shape index (κ1) is 20.5. The lowest BCUT2D eigenvalue weighted by Gasteiger charge is -2.21. The summed E-state index contributed by atoms with van der Waals surface area (Å²) >= 11 is 7.76. The predicted octanol–water partition coefficient (Wildman–Crippen LogP) is 5.89. The zero-order valence-corrected chi connectivity index (χ0v) is 17.8. The molecule has 0 unspecified atom stereocenters. The van der Waals surface area contributed by atoms with Crippen molar-refractivity contribution in [2.24, 2.45) is 0 Å². The van der Waals surface area contributed by atoms with Gasteiger partial charge in [-0.05, 0) is 36.6 Å². The van der Waals surface area contributed by atoms with Crippen LogP contribution < -0.4 is 10.2 Å². The van der Waals surface area contributed by atoms with Crippen molar-refractivity contribution in [3.8, 4) is 0 Å². The van der Waals surface area contributed by atoms with Gasteiger partial charge < -0.3 is 5.32 Å². The van der Waals surface area contributed by atoms with Crippen LogP contribution in [0.4, 0.5) is 10.8 Å². The van der Waals surface area contributed by atoms with E-state index in [1.54, 1.807) is 11.8 Å². The Balaban J connectivity index is 1.76. The average molecular weight is 414 g/mol. The molecule has 0 saturated heterocycles. The lowest BCUT2D eigenvalue weighted by molar-refractivity contribution is -0.115. The molecule has 3 rings (SSSR count). The van der Waals surface area contributed by atoms with E-state index in [-0.39, 0.29) is 11.9 Å². The number of aryl methyl sites for hydroxylation is 1. The number of anilines is 2. The van der Waals surface area contributed by atoms with Crippen LogP contribution in [0.15, 0.2) is 53.9 Å². The molecule has 0 aliphatic rings. The summed E-state index contributed by atoms with van der Waals surface area (Å²) < 4.78 is 0. The normalized spacial score (nSPS) is 12.0. The van der Waals surface area contributed by atoms with Crippen molar-refractivity contribution in [2.75, 3.05) is 4.90 Å².